The van der Waals surface area contributed by atoms with Crippen molar-refractivity contribution in [3.05, 3.63) is 18.2 Å². The number of carboxylic acid groups (broad SMARTS) is 1. The lowest BCUT2D eigenvalue weighted by Crippen LogP contribution is -2.41. The lowest BCUT2D eigenvalue weighted by Gasteiger charge is -2.21. The van der Waals surface area contributed by atoms with Crippen LogP contribution in [0.5, 0.6) is 0 Å². The maximum absolute atomic E-state index is 12.2. The number of alkyl carbamates (subject to hydrolysis) is 1. The summed E-state index contributed by atoms with van der Waals surface area (Å²) in [5, 5.41) is 15.0. The molecule has 0 aromatic carbocycles. The van der Waals surface area contributed by atoms with Crippen LogP contribution in [0.3, 0.4) is 0 Å². The fraction of sp³-hybridized carbons (Fsp3) is 0.684. The van der Waals surface area contributed by atoms with Crippen LogP contribution in [-0.2, 0) is 20.7 Å². The van der Waals surface area contributed by atoms with Crippen LogP contribution in [0.25, 0.3) is 0 Å². The molecule has 1 aromatic rings. The molecule has 0 aliphatic carbocycles. The molecule has 164 valence electrons. The average Bonchev–Trinajstić information content (AvgIpc) is 2.98. The third-order valence-corrected chi connectivity index (χ3v) is 3.43. The number of carbonyl (C=O) groups excluding carboxylic acids is 2. The fourth-order valence-electron chi connectivity index (χ4n) is 2.27. The van der Waals surface area contributed by atoms with Gasteiger partial charge in [-0.25, -0.2) is 19.1 Å². The Morgan fingerprint density at radius 1 is 1.10 bits per heavy atom. The molecule has 0 fully saturated rings. The van der Waals surface area contributed by atoms with E-state index in [0.29, 0.717) is 25.2 Å². The zero-order valence-electron chi connectivity index (χ0n) is 17.9. The molecule has 0 bridgehead atoms. The van der Waals surface area contributed by atoms with E-state index in [4.69, 9.17) is 9.47 Å². The van der Waals surface area contributed by atoms with Gasteiger partial charge in [0.2, 0.25) is 0 Å². The molecular formula is C19H32N4O6. The quantitative estimate of drug-likeness (QED) is 0.554. The fourth-order valence-corrected chi connectivity index (χ4v) is 2.27. The van der Waals surface area contributed by atoms with Gasteiger partial charge in [0.05, 0.1) is 5.69 Å². The second-order valence-electron chi connectivity index (χ2n) is 8.57. The Morgan fingerprint density at radius 3 is 2.28 bits per heavy atom. The number of imidazole rings is 1. The van der Waals surface area contributed by atoms with Gasteiger partial charge in [-0.05, 0) is 54.5 Å². The van der Waals surface area contributed by atoms with Crippen molar-refractivity contribution >= 4 is 18.2 Å². The summed E-state index contributed by atoms with van der Waals surface area (Å²) in [6.07, 6.45) is 2.16. The van der Waals surface area contributed by atoms with Gasteiger partial charge in [0, 0.05) is 19.2 Å². The highest BCUT2D eigenvalue weighted by Gasteiger charge is 2.24. The van der Waals surface area contributed by atoms with Gasteiger partial charge >= 0.3 is 18.2 Å². The minimum atomic E-state index is -1.05. The summed E-state index contributed by atoms with van der Waals surface area (Å²) in [5.41, 5.74) is -0.830. The highest BCUT2D eigenvalue weighted by molar-refractivity contribution is 5.75. The van der Waals surface area contributed by atoms with Crippen LogP contribution in [0.15, 0.2) is 12.5 Å². The van der Waals surface area contributed by atoms with Gasteiger partial charge in [0.25, 0.3) is 0 Å². The normalized spacial score (nSPS) is 12.9. The van der Waals surface area contributed by atoms with E-state index in [9.17, 15) is 19.5 Å². The summed E-state index contributed by atoms with van der Waals surface area (Å²) < 4.78 is 11.6. The number of ether oxygens (including phenoxy) is 2. The van der Waals surface area contributed by atoms with E-state index >= 15 is 0 Å². The smallest absolute Gasteiger partial charge is 0.420 e. The van der Waals surface area contributed by atoms with Gasteiger partial charge in [-0.3, -0.25) is 4.79 Å². The molecule has 10 heteroatoms. The molecule has 0 radical (unpaired) electrons. The van der Waals surface area contributed by atoms with Crippen LogP contribution >= 0.6 is 0 Å². The average molecular weight is 412 g/mol. The maximum atomic E-state index is 12.2. The van der Waals surface area contributed by atoms with Crippen molar-refractivity contribution in [3.63, 3.8) is 0 Å². The Hall–Kier alpha value is -2.62. The number of nitrogens with zero attached hydrogens (tertiary/aromatic N) is 2. The maximum Gasteiger partial charge on any atom is 0.420 e. The number of amides is 1. The van der Waals surface area contributed by atoms with Gasteiger partial charge in [0.15, 0.2) is 0 Å². The molecular weight excluding hydrogens is 380 g/mol. The van der Waals surface area contributed by atoms with Gasteiger partial charge in [-0.2, -0.15) is 0 Å². The largest absolute Gasteiger partial charge is 0.480 e. The number of aromatic nitrogens is 2. The number of aliphatic carboxylic acids is 1. The third-order valence-electron chi connectivity index (χ3n) is 3.43. The topological polar surface area (TPSA) is 132 Å². The monoisotopic (exact) mass is 412 g/mol. The molecule has 10 nitrogen and oxygen atoms in total. The molecule has 0 aliphatic rings. The molecule has 0 saturated carbocycles. The second kappa shape index (κ2) is 10.2. The number of carboxylic acids is 1. The highest BCUT2D eigenvalue weighted by Crippen LogP contribution is 2.12. The second-order valence-corrected chi connectivity index (χ2v) is 8.57. The van der Waals surface area contributed by atoms with Crippen LogP contribution < -0.4 is 10.6 Å². The number of carbonyl (C=O) groups is 3. The zero-order chi connectivity index (χ0) is 22.2. The van der Waals surface area contributed by atoms with Crippen LogP contribution in [0.1, 0.15) is 53.7 Å². The van der Waals surface area contributed by atoms with E-state index in [1.54, 1.807) is 41.5 Å². The summed E-state index contributed by atoms with van der Waals surface area (Å²) >= 11 is 0. The highest BCUT2D eigenvalue weighted by atomic mass is 16.6. The summed E-state index contributed by atoms with van der Waals surface area (Å²) in [6.45, 7) is 11.2. The molecule has 0 saturated heterocycles. The number of hydrogen-bond donors (Lipinski definition) is 3. The summed E-state index contributed by atoms with van der Waals surface area (Å²) in [4.78, 5) is 39.3. The van der Waals surface area contributed by atoms with Crippen molar-refractivity contribution < 1.29 is 29.0 Å². The minimum absolute atomic E-state index is 0.0497. The first kappa shape index (κ1) is 24.4. The summed E-state index contributed by atoms with van der Waals surface area (Å²) in [6, 6.07) is -0.922. The lowest BCUT2D eigenvalue weighted by atomic mass is 10.1. The zero-order valence-corrected chi connectivity index (χ0v) is 17.9. The van der Waals surface area contributed by atoms with Crippen molar-refractivity contribution in [2.45, 2.75) is 71.6 Å². The molecule has 1 aromatic heterocycles. The Morgan fingerprint density at radius 2 is 1.72 bits per heavy atom. The van der Waals surface area contributed by atoms with Crippen LogP contribution in [0.4, 0.5) is 9.59 Å². The Kier molecular flexibility index (Phi) is 8.62. The Bertz CT molecular complexity index is 702. The van der Waals surface area contributed by atoms with Crippen molar-refractivity contribution in [2.24, 2.45) is 0 Å². The van der Waals surface area contributed by atoms with Gasteiger partial charge in [-0.15, -0.1) is 0 Å². The SMILES string of the molecule is CC(C)(C)OC(=O)NCCCN[C@@H](Cc1cncn1C(=O)OC(C)(C)C)C(=O)O. The first-order chi connectivity index (χ1) is 13.3. The number of rotatable bonds is 8. The van der Waals surface area contributed by atoms with Crippen LogP contribution in [0, 0.1) is 0 Å². The number of hydrogen-bond acceptors (Lipinski definition) is 7. The molecule has 1 atom stereocenters. The lowest BCUT2D eigenvalue weighted by molar-refractivity contribution is -0.139. The van der Waals surface area contributed by atoms with E-state index < -0.39 is 35.4 Å². The van der Waals surface area contributed by atoms with Gasteiger partial charge < -0.3 is 25.2 Å². The van der Waals surface area contributed by atoms with Crippen molar-refractivity contribution in [3.8, 4) is 0 Å². The Labute approximate surface area is 171 Å². The van der Waals surface area contributed by atoms with Crippen LogP contribution in [0.2, 0.25) is 0 Å². The third kappa shape index (κ3) is 9.93. The first-order valence-electron chi connectivity index (χ1n) is 9.46. The molecule has 0 unspecified atom stereocenters. The standard InChI is InChI=1S/C19H32N4O6/c1-18(2,3)28-16(26)22-9-7-8-21-14(15(24)25)10-13-11-20-12-23(13)17(27)29-19(4,5)6/h11-12,14,21H,7-10H2,1-6H3,(H,22,26)(H,24,25)/t14-/m0/s1. The van der Waals surface area contributed by atoms with E-state index in [2.05, 4.69) is 15.6 Å². The molecule has 1 heterocycles. The molecule has 0 aliphatic heterocycles. The number of nitrogens with one attached hydrogen (secondary N) is 2. The first-order valence-corrected chi connectivity index (χ1v) is 9.46. The molecule has 0 spiro atoms. The van der Waals surface area contributed by atoms with E-state index in [1.165, 1.54) is 17.1 Å². The van der Waals surface area contributed by atoms with E-state index in [-0.39, 0.29) is 6.42 Å². The van der Waals surface area contributed by atoms with Crippen LogP contribution in [-0.4, -0.2) is 63.1 Å². The summed E-state index contributed by atoms with van der Waals surface area (Å²) in [5.74, 6) is -1.05. The minimum Gasteiger partial charge on any atom is -0.480 e. The molecule has 29 heavy (non-hydrogen) atoms. The van der Waals surface area contributed by atoms with Crippen molar-refractivity contribution in [1.29, 1.82) is 0 Å². The Balaban J connectivity index is 2.53. The van der Waals surface area contributed by atoms with Crippen molar-refractivity contribution in [1.82, 2.24) is 20.2 Å². The summed E-state index contributed by atoms with van der Waals surface area (Å²) in [7, 11) is 0. The predicted molar refractivity (Wildman–Crippen MR) is 106 cm³/mol. The molecule has 1 amide bonds. The van der Waals surface area contributed by atoms with Crippen molar-refractivity contribution in [2.75, 3.05) is 13.1 Å². The predicted octanol–water partition coefficient (Wildman–Crippen LogP) is 2.17. The molecule has 3 N–H and O–H groups in total. The van der Waals surface area contributed by atoms with E-state index in [0.717, 1.165) is 0 Å². The van der Waals surface area contributed by atoms with Gasteiger partial charge in [0.1, 0.15) is 23.6 Å². The van der Waals surface area contributed by atoms with Gasteiger partial charge in [-0.1, -0.05) is 0 Å². The van der Waals surface area contributed by atoms with E-state index in [1.807, 2.05) is 0 Å². The molecule has 1 rings (SSSR count).